The van der Waals surface area contributed by atoms with E-state index >= 15 is 0 Å². The van der Waals surface area contributed by atoms with E-state index in [1.165, 1.54) is 12.1 Å². The standard InChI is InChI=1S/C27H28F3N3O3/c1-25(36,27(28,29)30)19-6-4-18(5-7-19)24(35)33(21-10-11-21)22-12-14-26(16-31,15-13-22)20-8-2-17(3-9-20)23(32)34/h2-9,21-22,36H,10-15H2,1H3,(H2,32,34)/t22-,25-,26-/m0/s1. The molecule has 0 bridgehead atoms. The highest BCUT2D eigenvalue weighted by Gasteiger charge is 2.51. The molecule has 2 aromatic rings. The number of carbonyl (C=O) groups excluding carboxylic acids is 2. The van der Waals surface area contributed by atoms with Crippen LogP contribution in [0.3, 0.4) is 0 Å². The average molecular weight is 500 g/mol. The lowest BCUT2D eigenvalue weighted by Gasteiger charge is -2.41. The summed E-state index contributed by atoms with van der Waals surface area (Å²) < 4.78 is 39.5. The van der Waals surface area contributed by atoms with Crippen LogP contribution in [0.15, 0.2) is 48.5 Å². The van der Waals surface area contributed by atoms with Crippen molar-refractivity contribution in [3.05, 3.63) is 70.8 Å². The zero-order valence-electron chi connectivity index (χ0n) is 19.9. The summed E-state index contributed by atoms with van der Waals surface area (Å²) in [6, 6.07) is 14.1. The van der Waals surface area contributed by atoms with Crippen LogP contribution in [0.25, 0.3) is 0 Å². The average Bonchev–Trinajstić information content (AvgIpc) is 3.69. The van der Waals surface area contributed by atoms with E-state index in [2.05, 4.69) is 6.07 Å². The van der Waals surface area contributed by atoms with E-state index in [-0.39, 0.29) is 29.1 Å². The van der Waals surface area contributed by atoms with Gasteiger partial charge in [-0.05, 0) is 80.8 Å². The summed E-state index contributed by atoms with van der Waals surface area (Å²) in [5.74, 6) is -0.791. The number of amides is 2. The van der Waals surface area contributed by atoms with Crippen LogP contribution < -0.4 is 5.73 Å². The molecule has 0 aromatic heterocycles. The van der Waals surface area contributed by atoms with E-state index in [4.69, 9.17) is 5.73 Å². The third kappa shape index (κ3) is 4.70. The van der Waals surface area contributed by atoms with Crippen molar-refractivity contribution in [3.63, 3.8) is 0 Å². The SMILES string of the molecule is C[C@](O)(c1ccc(C(=O)N(C2CC2)[C@H]2CC[C@](C#N)(c3ccc(C(N)=O)cc3)CC2)cc1)C(F)(F)F. The van der Waals surface area contributed by atoms with Gasteiger partial charge in [-0.25, -0.2) is 0 Å². The Kier molecular flexibility index (Phi) is 6.60. The molecule has 6 nitrogen and oxygen atoms in total. The molecule has 2 aliphatic rings. The quantitative estimate of drug-likeness (QED) is 0.607. The van der Waals surface area contributed by atoms with Gasteiger partial charge in [-0.3, -0.25) is 9.59 Å². The molecule has 2 aliphatic carbocycles. The van der Waals surface area contributed by atoms with Crippen molar-refractivity contribution in [2.24, 2.45) is 5.73 Å². The maximum absolute atomic E-state index is 13.4. The van der Waals surface area contributed by atoms with E-state index in [9.17, 15) is 33.1 Å². The first-order chi connectivity index (χ1) is 16.9. The van der Waals surface area contributed by atoms with Crippen molar-refractivity contribution in [1.29, 1.82) is 5.26 Å². The van der Waals surface area contributed by atoms with Gasteiger partial charge in [-0.1, -0.05) is 24.3 Å². The van der Waals surface area contributed by atoms with Crippen molar-refractivity contribution < 1.29 is 27.9 Å². The molecule has 2 amide bonds. The molecule has 0 aliphatic heterocycles. The number of alkyl halides is 3. The molecule has 2 fully saturated rings. The highest BCUT2D eigenvalue weighted by atomic mass is 19.4. The molecule has 1 atom stereocenters. The molecule has 190 valence electrons. The second-order valence-corrected chi connectivity index (χ2v) is 9.96. The summed E-state index contributed by atoms with van der Waals surface area (Å²) in [4.78, 5) is 26.6. The molecule has 3 N–H and O–H groups in total. The van der Waals surface area contributed by atoms with E-state index < -0.39 is 23.1 Å². The minimum Gasteiger partial charge on any atom is -0.376 e. The van der Waals surface area contributed by atoms with Crippen molar-refractivity contribution in [1.82, 2.24) is 4.90 Å². The molecule has 0 heterocycles. The Bertz CT molecular complexity index is 1170. The summed E-state index contributed by atoms with van der Waals surface area (Å²) in [5.41, 5.74) is 2.69. The Morgan fingerprint density at radius 3 is 1.92 bits per heavy atom. The second-order valence-electron chi connectivity index (χ2n) is 9.96. The highest BCUT2D eigenvalue weighted by molar-refractivity contribution is 5.95. The van der Waals surface area contributed by atoms with Crippen molar-refractivity contribution in [2.45, 2.75) is 74.7 Å². The summed E-state index contributed by atoms with van der Waals surface area (Å²) in [6.45, 7) is 0.686. The van der Waals surface area contributed by atoms with Gasteiger partial charge in [-0.2, -0.15) is 18.4 Å². The number of rotatable bonds is 6. The number of benzene rings is 2. The summed E-state index contributed by atoms with van der Waals surface area (Å²) >= 11 is 0. The topological polar surface area (TPSA) is 107 Å². The van der Waals surface area contributed by atoms with Crippen LogP contribution >= 0.6 is 0 Å². The highest BCUT2D eigenvalue weighted by Crippen LogP contribution is 2.43. The van der Waals surface area contributed by atoms with Gasteiger partial charge in [0.15, 0.2) is 5.60 Å². The van der Waals surface area contributed by atoms with Gasteiger partial charge >= 0.3 is 6.18 Å². The molecule has 2 aromatic carbocycles. The Labute approximate surface area is 207 Å². The molecular weight excluding hydrogens is 471 g/mol. The fourth-order valence-electron chi connectivity index (χ4n) is 5.02. The number of hydrogen-bond acceptors (Lipinski definition) is 4. The Hall–Kier alpha value is -3.38. The first-order valence-corrected chi connectivity index (χ1v) is 11.9. The molecular formula is C27H28F3N3O3. The summed E-state index contributed by atoms with van der Waals surface area (Å²) in [6.07, 6.45) is -0.833. The number of primary amides is 1. The number of carbonyl (C=O) groups is 2. The van der Waals surface area contributed by atoms with Crippen LogP contribution in [0.2, 0.25) is 0 Å². The second kappa shape index (κ2) is 9.25. The van der Waals surface area contributed by atoms with E-state index in [1.54, 1.807) is 24.3 Å². The van der Waals surface area contributed by atoms with Gasteiger partial charge in [0.25, 0.3) is 5.91 Å². The number of hydrogen-bond donors (Lipinski definition) is 2. The maximum atomic E-state index is 13.4. The molecule has 0 radical (unpaired) electrons. The molecule has 2 saturated carbocycles. The third-order valence-electron chi connectivity index (χ3n) is 7.56. The fraction of sp³-hybridized carbons (Fsp3) is 0.444. The summed E-state index contributed by atoms with van der Waals surface area (Å²) in [7, 11) is 0. The Balaban J connectivity index is 1.50. The van der Waals surface area contributed by atoms with Gasteiger partial charge in [-0.15, -0.1) is 0 Å². The predicted octanol–water partition coefficient (Wildman–Crippen LogP) is 4.56. The smallest absolute Gasteiger partial charge is 0.376 e. The maximum Gasteiger partial charge on any atom is 0.421 e. The van der Waals surface area contributed by atoms with Crippen LogP contribution in [0.5, 0.6) is 0 Å². The van der Waals surface area contributed by atoms with Gasteiger partial charge in [0, 0.05) is 23.2 Å². The zero-order valence-corrected chi connectivity index (χ0v) is 19.9. The minimum atomic E-state index is -4.84. The Morgan fingerprint density at radius 2 is 1.47 bits per heavy atom. The van der Waals surface area contributed by atoms with Crippen molar-refractivity contribution in [2.75, 3.05) is 0 Å². The van der Waals surface area contributed by atoms with Gasteiger partial charge in [0.2, 0.25) is 5.91 Å². The number of aliphatic hydroxyl groups is 1. The molecule has 0 spiro atoms. The number of halogens is 3. The van der Waals surface area contributed by atoms with Crippen molar-refractivity contribution in [3.8, 4) is 6.07 Å². The lowest BCUT2D eigenvalue weighted by Crippen LogP contribution is -2.46. The number of nitriles is 1. The van der Waals surface area contributed by atoms with Crippen LogP contribution in [0.1, 0.15) is 77.3 Å². The van der Waals surface area contributed by atoms with Crippen LogP contribution in [0.4, 0.5) is 13.2 Å². The fourth-order valence-corrected chi connectivity index (χ4v) is 5.02. The van der Waals surface area contributed by atoms with Crippen molar-refractivity contribution >= 4 is 11.8 Å². The van der Waals surface area contributed by atoms with Crippen LogP contribution in [0, 0.1) is 11.3 Å². The van der Waals surface area contributed by atoms with E-state index in [0.29, 0.717) is 38.2 Å². The van der Waals surface area contributed by atoms with Gasteiger partial charge in [0.1, 0.15) is 0 Å². The normalized spacial score (nSPS) is 23.8. The van der Waals surface area contributed by atoms with Gasteiger partial charge in [0.05, 0.1) is 11.5 Å². The number of nitrogens with two attached hydrogens (primary N) is 1. The summed E-state index contributed by atoms with van der Waals surface area (Å²) in [5, 5.41) is 19.9. The lowest BCUT2D eigenvalue weighted by atomic mass is 9.69. The van der Waals surface area contributed by atoms with Crippen LogP contribution in [-0.2, 0) is 11.0 Å². The van der Waals surface area contributed by atoms with E-state index in [1.807, 2.05) is 4.90 Å². The predicted molar refractivity (Wildman–Crippen MR) is 126 cm³/mol. The Morgan fingerprint density at radius 1 is 0.972 bits per heavy atom. The first-order valence-electron chi connectivity index (χ1n) is 11.9. The minimum absolute atomic E-state index is 0.0740. The largest absolute Gasteiger partial charge is 0.421 e. The zero-order chi connectivity index (χ0) is 26.3. The molecule has 4 rings (SSSR count). The van der Waals surface area contributed by atoms with E-state index in [0.717, 1.165) is 30.5 Å². The lowest BCUT2D eigenvalue weighted by molar-refractivity contribution is -0.258. The van der Waals surface area contributed by atoms with Gasteiger partial charge < -0.3 is 15.7 Å². The molecule has 9 heteroatoms. The van der Waals surface area contributed by atoms with Crippen LogP contribution in [-0.4, -0.2) is 40.1 Å². The first kappa shape index (κ1) is 25.7. The monoisotopic (exact) mass is 499 g/mol. The number of nitrogens with zero attached hydrogens (tertiary/aromatic N) is 2. The molecule has 0 unspecified atom stereocenters. The molecule has 0 saturated heterocycles. The molecule has 36 heavy (non-hydrogen) atoms. The third-order valence-corrected chi connectivity index (χ3v) is 7.56.